The minimum absolute atomic E-state index is 0.0908. The molecule has 2 rings (SSSR count). The van der Waals surface area contributed by atoms with Crippen molar-refractivity contribution in [3.63, 3.8) is 0 Å². The van der Waals surface area contributed by atoms with Crippen LogP contribution < -0.4 is 20.3 Å². The van der Waals surface area contributed by atoms with Crippen LogP contribution in [0.15, 0.2) is 53.4 Å². The maximum Gasteiger partial charge on any atom is 0.269 e. The first kappa shape index (κ1) is 21.6. The van der Waals surface area contributed by atoms with Gasteiger partial charge in [-0.3, -0.25) is 25.2 Å². The SMILES string of the molecule is COc1ccccc1NS(=O)(=O)c1cccc(C(=O)NNC(=O)CCSC)c1. The van der Waals surface area contributed by atoms with E-state index in [1.807, 2.05) is 6.26 Å². The molecule has 2 amide bonds. The molecule has 0 aliphatic heterocycles. The molecule has 3 N–H and O–H groups in total. The molecular weight excluding hydrogens is 402 g/mol. The lowest BCUT2D eigenvalue weighted by molar-refractivity contribution is -0.121. The van der Waals surface area contributed by atoms with Crippen LogP contribution in [0.5, 0.6) is 5.75 Å². The van der Waals surface area contributed by atoms with E-state index in [-0.39, 0.29) is 28.5 Å². The lowest BCUT2D eigenvalue weighted by Crippen LogP contribution is -2.41. The number of hydrogen-bond acceptors (Lipinski definition) is 6. The summed E-state index contributed by atoms with van der Waals surface area (Å²) in [6.07, 6.45) is 2.13. The Kier molecular flexibility index (Phi) is 7.70. The number of benzene rings is 2. The molecule has 0 saturated heterocycles. The van der Waals surface area contributed by atoms with Crippen molar-refractivity contribution >= 4 is 39.3 Å². The van der Waals surface area contributed by atoms with Crippen molar-refractivity contribution in [1.29, 1.82) is 0 Å². The summed E-state index contributed by atoms with van der Waals surface area (Å²) in [5.41, 5.74) is 4.94. The van der Waals surface area contributed by atoms with Gasteiger partial charge in [0.1, 0.15) is 5.75 Å². The van der Waals surface area contributed by atoms with Crippen molar-refractivity contribution in [3.8, 4) is 5.75 Å². The maximum atomic E-state index is 12.7. The molecule has 0 aliphatic carbocycles. The molecule has 150 valence electrons. The van der Waals surface area contributed by atoms with Crippen LogP contribution in [-0.4, -0.2) is 39.4 Å². The summed E-state index contributed by atoms with van der Waals surface area (Å²) in [5, 5.41) is 0. The number of carbonyl (C=O) groups excluding carboxylic acids is 2. The molecule has 10 heteroatoms. The van der Waals surface area contributed by atoms with Gasteiger partial charge in [-0.05, 0) is 36.6 Å². The van der Waals surface area contributed by atoms with E-state index in [1.165, 1.54) is 43.1 Å². The van der Waals surface area contributed by atoms with E-state index in [2.05, 4.69) is 15.6 Å². The number of para-hydroxylation sites is 2. The highest BCUT2D eigenvalue weighted by Crippen LogP contribution is 2.26. The Bertz CT molecular complexity index is 948. The number of hydrogen-bond donors (Lipinski definition) is 3. The predicted molar refractivity (Wildman–Crippen MR) is 109 cm³/mol. The van der Waals surface area contributed by atoms with Gasteiger partial charge in [0.25, 0.3) is 15.9 Å². The molecule has 0 aromatic heterocycles. The first-order chi connectivity index (χ1) is 13.4. The molecule has 0 bridgehead atoms. The summed E-state index contributed by atoms with van der Waals surface area (Å²) in [7, 11) is -2.51. The third-order valence-corrected chi connectivity index (χ3v) is 5.58. The molecule has 0 unspecified atom stereocenters. The van der Waals surface area contributed by atoms with Crippen LogP contribution in [0.4, 0.5) is 5.69 Å². The van der Waals surface area contributed by atoms with E-state index in [0.29, 0.717) is 11.5 Å². The number of amides is 2. The van der Waals surface area contributed by atoms with Gasteiger partial charge in [0.05, 0.1) is 17.7 Å². The highest BCUT2D eigenvalue weighted by atomic mass is 32.2. The topological polar surface area (TPSA) is 114 Å². The largest absolute Gasteiger partial charge is 0.495 e. The van der Waals surface area contributed by atoms with Gasteiger partial charge in [-0.1, -0.05) is 18.2 Å². The minimum Gasteiger partial charge on any atom is -0.495 e. The fourth-order valence-corrected chi connectivity index (χ4v) is 3.70. The second-order valence-electron chi connectivity index (χ2n) is 5.58. The molecule has 0 heterocycles. The summed E-state index contributed by atoms with van der Waals surface area (Å²) in [4.78, 5) is 23.7. The molecule has 0 radical (unpaired) electrons. The highest BCUT2D eigenvalue weighted by molar-refractivity contribution is 7.98. The van der Waals surface area contributed by atoms with Crippen LogP contribution in [0, 0.1) is 0 Å². The third-order valence-electron chi connectivity index (χ3n) is 3.61. The van der Waals surface area contributed by atoms with E-state index >= 15 is 0 Å². The van der Waals surface area contributed by atoms with Crippen molar-refractivity contribution in [2.45, 2.75) is 11.3 Å². The van der Waals surface area contributed by atoms with Crippen LogP contribution in [0.3, 0.4) is 0 Å². The number of methoxy groups -OCH3 is 1. The van der Waals surface area contributed by atoms with E-state index in [9.17, 15) is 18.0 Å². The van der Waals surface area contributed by atoms with Gasteiger partial charge in [-0.15, -0.1) is 0 Å². The average molecular weight is 424 g/mol. The number of hydrazine groups is 1. The van der Waals surface area contributed by atoms with Gasteiger partial charge in [-0.2, -0.15) is 11.8 Å². The maximum absolute atomic E-state index is 12.7. The Morgan fingerprint density at radius 1 is 1.07 bits per heavy atom. The summed E-state index contributed by atoms with van der Waals surface area (Å²) in [6, 6.07) is 12.1. The third kappa shape index (κ3) is 5.89. The first-order valence-electron chi connectivity index (χ1n) is 8.21. The molecular formula is C18H21N3O5S2. The Morgan fingerprint density at radius 2 is 1.82 bits per heavy atom. The average Bonchev–Trinajstić information content (AvgIpc) is 2.70. The molecule has 2 aromatic carbocycles. The predicted octanol–water partition coefficient (Wildman–Crippen LogP) is 2.01. The normalized spacial score (nSPS) is 10.8. The molecule has 0 spiro atoms. The van der Waals surface area contributed by atoms with Gasteiger partial charge in [0, 0.05) is 17.7 Å². The molecule has 28 heavy (non-hydrogen) atoms. The molecule has 8 nitrogen and oxygen atoms in total. The lowest BCUT2D eigenvalue weighted by atomic mass is 10.2. The number of thioether (sulfide) groups is 1. The number of anilines is 1. The zero-order valence-corrected chi connectivity index (χ0v) is 17.0. The van der Waals surface area contributed by atoms with E-state index < -0.39 is 15.9 Å². The fourth-order valence-electron chi connectivity index (χ4n) is 2.19. The second-order valence-corrected chi connectivity index (χ2v) is 8.25. The second kappa shape index (κ2) is 10.00. The van der Waals surface area contributed by atoms with Crippen molar-refractivity contribution in [2.24, 2.45) is 0 Å². The van der Waals surface area contributed by atoms with Crippen LogP contribution >= 0.6 is 11.8 Å². The summed E-state index contributed by atoms with van der Waals surface area (Å²) < 4.78 is 32.9. The molecule has 0 saturated carbocycles. The van der Waals surface area contributed by atoms with Crippen molar-refractivity contribution < 1.29 is 22.7 Å². The summed E-state index contributed by atoms with van der Waals surface area (Å²) >= 11 is 1.51. The smallest absolute Gasteiger partial charge is 0.269 e. The summed E-state index contributed by atoms with van der Waals surface area (Å²) in [6.45, 7) is 0. The van der Waals surface area contributed by atoms with Gasteiger partial charge in [-0.25, -0.2) is 8.42 Å². The Labute approximate surface area is 168 Å². The highest BCUT2D eigenvalue weighted by Gasteiger charge is 2.18. The number of rotatable bonds is 8. The summed E-state index contributed by atoms with van der Waals surface area (Å²) in [5.74, 6) is 0.0495. The van der Waals surface area contributed by atoms with Crippen molar-refractivity contribution in [3.05, 3.63) is 54.1 Å². The molecule has 0 aliphatic rings. The number of sulfonamides is 1. The van der Waals surface area contributed by atoms with Crippen molar-refractivity contribution in [2.75, 3.05) is 23.8 Å². The van der Waals surface area contributed by atoms with Gasteiger partial charge < -0.3 is 4.74 Å². The Morgan fingerprint density at radius 3 is 2.54 bits per heavy atom. The van der Waals surface area contributed by atoms with E-state index in [0.717, 1.165) is 0 Å². The van der Waals surface area contributed by atoms with Crippen LogP contribution in [0.2, 0.25) is 0 Å². The zero-order valence-electron chi connectivity index (χ0n) is 15.4. The van der Waals surface area contributed by atoms with Gasteiger partial charge in [0.15, 0.2) is 0 Å². The standard InChI is InChI=1S/C18H21N3O5S2/c1-26-16-9-4-3-8-15(16)21-28(24,25)14-7-5-6-13(12-14)18(23)20-19-17(22)10-11-27-2/h3-9,12,21H,10-11H2,1-2H3,(H,19,22)(H,20,23). The molecule has 0 atom stereocenters. The number of ether oxygens (including phenoxy) is 1. The minimum atomic E-state index is -3.95. The van der Waals surface area contributed by atoms with Crippen LogP contribution in [0.1, 0.15) is 16.8 Å². The monoisotopic (exact) mass is 423 g/mol. The van der Waals surface area contributed by atoms with Gasteiger partial charge in [0.2, 0.25) is 5.91 Å². The number of nitrogens with one attached hydrogen (secondary N) is 3. The first-order valence-corrected chi connectivity index (χ1v) is 11.1. The fraction of sp³-hybridized carbons (Fsp3) is 0.222. The number of carbonyl (C=O) groups is 2. The van der Waals surface area contributed by atoms with Gasteiger partial charge >= 0.3 is 0 Å². The molecule has 2 aromatic rings. The van der Waals surface area contributed by atoms with Crippen LogP contribution in [-0.2, 0) is 14.8 Å². The molecule has 0 fully saturated rings. The lowest BCUT2D eigenvalue weighted by Gasteiger charge is -2.12. The quantitative estimate of drug-likeness (QED) is 0.560. The Balaban J connectivity index is 2.12. The van der Waals surface area contributed by atoms with Crippen molar-refractivity contribution in [1.82, 2.24) is 10.9 Å². The van der Waals surface area contributed by atoms with Crippen LogP contribution in [0.25, 0.3) is 0 Å². The van der Waals surface area contributed by atoms with E-state index in [4.69, 9.17) is 4.74 Å². The zero-order chi connectivity index (χ0) is 20.6. The van der Waals surface area contributed by atoms with E-state index in [1.54, 1.807) is 24.3 Å². The Hall–Kier alpha value is -2.72.